The van der Waals surface area contributed by atoms with E-state index in [4.69, 9.17) is 9.47 Å². The Hall–Kier alpha value is -2.50. The van der Waals surface area contributed by atoms with Crippen molar-refractivity contribution in [3.8, 4) is 11.5 Å². The Balaban J connectivity index is 1.44. The lowest BCUT2D eigenvalue weighted by Crippen LogP contribution is -2.44. The van der Waals surface area contributed by atoms with Gasteiger partial charge in [0.05, 0.1) is 0 Å². The molecule has 3 rings (SSSR count). The summed E-state index contributed by atoms with van der Waals surface area (Å²) in [4.78, 5) is 12.0. The van der Waals surface area contributed by atoms with Crippen LogP contribution in [0.25, 0.3) is 0 Å². The van der Waals surface area contributed by atoms with Gasteiger partial charge in [0.15, 0.2) is 11.5 Å². The van der Waals surface area contributed by atoms with E-state index >= 15 is 0 Å². The first kappa shape index (κ1) is 13.5. The first-order valence-corrected chi connectivity index (χ1v) is 6.96. The van der Waals surface area contributed by atoms with E-state index in [1.165, 1.54) is 0 Å². The summed E-state index contributed by atoms with van der Waals surface area (Å²) in [7, 11) is 0. The normalized spacial score (nSPS) is 16.5. The van der Waals surface area contributed by atoms with Gasteiger partial charge in [-0.25, -0.2) is 0 Å². The number of rotatable bonds is 5. The van der Waals surface area contributed by atoms with Gasteiger partial charge in [0.2, 0.25) is 6.10 Å². The van der Waals surface area contributed by atoms with Crippen LogP contribution in [0.15, 0.2) is 42.7 Å². The molecule has 1 aliphatic rings. The molecule has 1 aromatic carbocycles. The van der Waals surface area contributed by atoms with Gasteiger partial charge in [-0.3, -0.25) is 9.48 Å². The highest BCUT2D eigenvalue weighted by atomic mass is 16.6. The summed E-state index contributed by atoms with van der Waals surface area (Å²) in [5.41, 5.74) is 0. The summed E-state index contributed by atoms with van der Waals surface area (Å²) in [5.74, 6) is 1.14. The zero-order valence-corrected chi connectivity index (χ0v) is 11.6. The van der Waals surface area contributed by atoms with Crippen LogP contribution in [0.1, 0.15) is 6.42 Å². The van der Waals surface area contributed by atoms with Gasteiger partial charge in [0, 0.05) is 25.5 Å². The first-order valence-electron chi connectivity index (χ1n) is 6.96. The Morgan fingerprint density at radius 3 is 3.00 bits per heavy atom. The monoisotopic (exact) mass is 287 g/mol. The third kappa shape index (κ3) is 3.34. The van der Waals surface area contributed by atoms with Crippen LogP contribution < -0.4 is 14.8 Å². The van der Waals surface area contributed by atoms with Crippen LogP contribution >= 0.6 is 0 Å². The van der Waals surface area contributed by atoms with Crippen LogP contribution in [0.3, 0.4) is 0 Å². The molecular formula is C15H17N3O3. The molecule has 0 unspecified atom stereocenters. The van der Waals surface area contributed by atoms with E-state index < -0.39 is 6.10 Å². The summed E-state index contributed by atoms with van der Waals surface area (Å²) >= 11 is 0. The van der Waals surface area contributed by atoms with E-state index in [0.29, 0.717) is 18.0 Å². The molecule has 1 amide bonds. The van der Waals surface area contributed by atoms with Crippen molar-refractivity contribution in [2.24, 2.45) is 0 Å². The molecule has 2 aromatic rings. The fraction of sp³-hybridized carbons (Fsp3) is 0.333. The number of fused-ring (bicyclic) bond motifs is 1. The number of carbonyl (C=O) groups is 1. The topological polar surface area (TPSA) is 65.4 Å². The molecule has 0 spiro atoms. The number of ether oxygens (including phenoxy) is 2. The molecule has 0 bridgehead atoms. The molecule has 2 heterocycles. The third-order valence-corrected chi connectivity index (χ3v) is 3.22. The molecule has 6 heteroatoms. The lowest BCUT2D eigenvalue weighted by Gasteiger charge is -2.25. The molecule has 1 atom stereocenters. The number of hydrogen-bond donors (Lipinski definition) is 1. The van der Waals surface area contributed by atoms with Crippen molar-refractivity contribution in [2.75, 3.05) is 13.2 Å². The number of aromatic nitrogens is 2. The lowest BCUT2D eigenvalue weighted by molar-refractivity contribution is -0.130. The van der Waals surface area contributed by atoms with Gasteiger partial charge in [-0.05, 0) is 24.6 Å². The summed E-state index contributed by atoms with van der Waals surface area (Å²) in [6.07, 6.45) is 3.86. The fourth-order valence-corrected chi connectivity index (χ4v) is 2.15. The predicted molar refractivity (Wildman–Crippen MR) is 76.2 cm³/mol. The molecule has 21 heavy (non-hydrogen) atoms. The Bertz CT molecular complexity index is 598. The number of nitrogens with zero attached hydrogens (tertiary/aromatic N) is 2. The molecule has 110 valence electrons. The predicted octanol–water partition coefficient (Wildman–Crippen LogP) is 1.23. The van der Waals surface area contributed by atoms with Crippen molar-refractivity contribution in [1.29, 1.82) is 0 Å². The zero-order valence-electron chi connectivity index (χ0n) is 11.6. The molecule has 6 nitrogen and oxygen atoms in total. The molecule has 0 saturated heterocycles. The Labute approximate surface area is 122 Å². The maximum atomic E-state index is 12.0. The minimum absolute atomic E-state index is 0.148. The van der Waals surface area contributed by atoms with Gasteiger partial charge in [-0.15, -0.1) is 0 Å². The molecule has 1 aromatic heterocycles. The lowest BCUT2D eigenvalue weighted by atomic mass is 10.2. The first-order chi connectivity index (χ1) is 10.3. The Kier molecular flexibility index (Phi) is 4.04. The van der Waals surface area contributed by atoms with Crippen molar-refractivity contribution in [1.82, 2.24) is 15.1 Å². The fourth-order valence-electron chi connectivity index (χ4n) is 2.15. The highest BCUT2D eigenvalue weighted by Gasteiger charge is 2.26. The molecule has 0 saturated carbocycles. The maximum Gasteiger partial charge on any atom is 0.264 e. The summed E-state index contributed by atoms with van der Waals surface area (Å²) in [5, 5.41) is 6.97. The van der Waals surface area contributed by atoms with Crippen LogP contribution in [-0.2, 0) is 11.3 Å². The molecular weight excluding hydrogens is 270 g/mol. The summed E-state index contributed by atoms with van der Waals surface area (Å²) < 4.78 is 13.0. The number of para-hydroxylation sites is 2. The average Bonchev–Trinajstić information content (AvgIpc) is 3.04. The van der Waals surface area contributed by atoms with Crippen LogP contribution in [0.2, 0.25) is 0 Å². The minimum atomic E-state index is -0.593. The SMILES string of the molecule is O=C(NCCCn1cccn1)[C@@H]1COc2ccccc2O1. The Morgan fingerprint density at radius 1 is 1.33 bits per heavy atom. The van der Waals surface area contributed by atoms with Crippen LogP contribution in [-0.4, -0.2) is 34.9 Å². The van der Waals surface area contributed by atoms with E-state index in [-0.39, 0.29) is 12.5 Å². The van der Waals surface area contributed by atoms with Crippen molar-refractivity contribution in [2.45, 2.75) is 19.1 Å². The number of carbonyl (C=O) groups excluding carboxylic acids is 1. The van der Waals surface area contributed by atoms with Gasteiger partial charge >= 0.3 is 0 Å². The second kappa shape index (κ2) is 6.30. The molecule has 0 radical (unpaired) electrons. The standard InChI is InChI=1S/C15H17N3O3/c19-15(16-7-3-9-18-10-4-8-17-18)14-11-20-12-5-1-2-6-13(12)21-14/h1-2,4-6,8,10,14H,3,7,9,11H2,(H,16,19)/t14-/m0/s1. The molecule has 0 aliphatic carbocycles. The highest BCUT2D eigenvalue weighted by Crippen LogP contribution is 2.30. The second-order valence-electron chi connectivity index (χ2n) is 4.78. The highest BCUT2D eigenvalue weighted by molar-refractivity contribution is 5.81. The van der Waals surface area contributed by atoms with Gasteiger partial charge < -0.3 is 14.8 Å². The van der Waals surface area contributed by atoms with E-state index in [1.807, 2.05) is 35.1 Å². The van der Waals surface area contributed by atoms with Crippen molar-refractivity contribution in [3.63, 3.8) is 0 Å². The van der Waals surface area contributed by atoms with E-state index in [0.717, 1.165) is 13.0 Å². The minimum Gasteiger partial charge on any atom is -0.485 e. The van der Waals surface area contributed by atoms with Crippen molar-refractivity contribution >= 4 is 5.91 Å². The van der Waals surface area contributed by atoms with Gasteiger partial charge in [0.25, 0.3) is 5.91 Å². The van der Waals surface area contributed by atoms with Gasteiger partial charge in [0.1, 0.15) is 6.61 Å². The van der Waals surface area contributed by atoms with Crippen LogP contribution in [0.5, 0.6) is 11.5 Å². The average molecular weight is 287 g/mol. The molecule has 0 fully saturated rings. The molecule has 1 N–H and O–H groups in total. The largest absolute Gasteiger partial charge is 0.485 e. The van der Waals surface area contributed by atoms with Crippen molar-refractivity contribution in [3.05, 3.63) is 42.7 Å². The van der Waals surface area contributed by atoms with E-state index in [1.54, 1.807) is 12.3 Å². The third-order valence-electron chi connectivity index (χ3n) is 3.22. The van der Waals surface area contributed by atoms with Crippen LogP contribution in [0, 0.1) is 0 Å². The zero-order chi connectivity index (χ0) is 14.5. The van der Waals surface area contributed by atoms with Crippen LogP contribution in [0.4, 0.5) is 0 Å². The summed E-state index contributed by atoms with van der Waals surface area (Å²) in [6.45, 7) is 1.60. The maximum absolute atomic E-state index is 12.0. The number of amides is 1. The second-order valence-corrected chi connectivity index (χ2v) is 4.78. The smallest absolute Gasteiger partial charge is 0.264 e. The van der Waals surface area contributed by atoms with Gasteiger partial charge in [-0.2, -0.15) is 5.10 Å². The Morgan fingerprint density at radius 2 is 2.19 bits per heavy atom. The van der Waals surface area contributed by atoms with Gasteiger partial charge in [-0.1, -0.05) is 12.1 Å². The number of benzene rings is 1. The quantitative estimate of drug-likeness (QED) is 0.840. The van der Waals surface area contributed by atoms with E-state index in [2.05, 4.69) is 10.4 Å². The number of aryl methyl sites for hydroxylation is 1. The van der Waals surface area contributed by atoms with E-state index in [9.17, 15) is 4.79 Å². The summed E-state index contributed by atoms with van der Waals surface area (Å²) in [6, 6.07) is 9.23. The number of hydrogen-bond acceptors (Lipinski definition) is 4. The van der Waals surface area contributed by atoms with Crippen molar-refractivity contribution < 1.29 is 14.3 Å². The molecule has 1 aliphatic heterocycles. The number of nitrogens with one attached hydrogen (secondary N) is 1.